The second-order valence-corrected chi connectivity index (χ2v) is 5.78. The predicted molar refractivity (Wildman–Crippen MR) is 85.0 cm³/mol. The number of benzene rings is 1. The molecule has 0 spiro atoms. The van der Waals surface area contributed by atoms with Gasteiger partial charge in [0.15, 0.2) is 0 Å². The summed E-state index contributed by atoms with van der Waals surface area (Å²) in [5, 5.41) is 5.52. The van der Waals surface area contributed by atoms with Gasteiger partial charge in [0.25, 0.3) is 0 Å². The Kier molecular flexibility index (Phi) is 3.76. The Morgan fingerprint density at radius 3 is 2.80 bits per heavy atom. The van der Waals surface area contributed by atoms with Crippen LogP contribution in [0.2, 0.25) is 0 Å². The minimum atomic E-state index is 0.883. The van der Waals surface area contributed by atoms with Crippen molar-refractivity contribution in [2.24, 2.45) is 0 Å². The third-order valence-corrected chi connectivity index (χ3v) is 4.43. The molecule has 20 heavy (non-hydrogen) atoms. The second kappa shape index (κ2) is 5.69. The van der Waals surface area contributed by atoms with Crippen molar-refractivity contribution >= 4 is 22.2 Å². The number of nitrogens with zero attached hydrogens (tertiary/aromatic N) is 2. The third kappa shape index (κ3) is 2.57. The Hall–Kier alpha value is -1.78. The maximum Gasteiger partial charge on any atom is 0.142 e. The van der Waals surface area contributed by atoms with Crippen LogP contribution in [0.4, 0.5) is 0 Å². The fourth-order valence-electron chi connectivity index (χ4n) is 2.13. The summed E-state index contributed by atoms with van der Waals surface area (Å²) in [6.07, 6.45) is 0. The minimum Gasteiger partial charge on any atom is -0.312 e. The van der Waals surface area contributed by atoms with Gasteiger partial charge < -0.3 is 5.32 Å². The van der Waals surface area contributed by atoms with Gasteiger partial charge >= 0.3 is 0 Å². The van der Waals surface area contributed by atoms with E-state index < -0.39 is 0 Å². The smallest absolute Gasteiger partial charge is 0.142 e. The van der Waals surface area contributed by atoms with Crippen LogP contribution in [-0.2, 0) is 6.54 Å². The van der Waals surface area contributed by atoms with E-state index in [4.69, 9.17) is 4.98 Å². The van der Waals surface area contributed by atoms with Gasteiger partial charge in [-0.2, -0.15) is 0 Å². The summed E-state index contributed by atoms with van der Waals surface area (Å²) in [7, 11) is 0. The summed E-state index contributed by atoms with van der Waals surface area (Å²) in [4.78, 5) is 10.7. The highest BCUT2D eigenvalue weighted by atomic mass is 32.1. The zero-order chi connectivity index (χ0) is 13.9. The fourth-order valence-corrected chi connectivity index (χ4v) is 3.13. The Morgan fingerprint density at radius 1 is 1.10 bits per heavy atom. The van der Waals surface area contributed by atoms with Crippen molar-refractivity contribution in [3.05, 3.63) is 47.0 Å². The number of rotatable bonds is 4. The van der Waals surface area contributed by atoms with Crippen LogP contribution in [0.25, 0.3) is 21.6 Å². The van der Waals surface area contributed by atoms with E-state index in [0.29, 0.717) is 0 Å². The number of aromatic nitrogens is 2. The molecule has 1 aromatic carbocycles. The molecule has 0 unspecified atom stereocenters. The van der Waals surface area contributed by atoms with E-state index in [9.17, 15) is 0 Å². The quantitative estimate of drug-likeness (QED) is 0.792. The largest absolute Gasteiger partial charge is 0.312 e. The monoisotopic (exact) mass is 283 g/mol. The fraction of sp³-hybridized carbons (Fsp3) is 0.250. The van der Waals surface area contributed by atoms with E-state index in [-0.39, 0.29) is 0 Å². The zero-order valence-electron chi connectivity index (χ0n) is 11.7. The zero-order valence-corrected chi connectivity index (χ0v) is 12.5. The lowest BCUT2D eigenvalue weighted by molar-refractivity contribution is 0.731. The van der Waals surface area contributed by atoms with Gasteiger partial charge in [0.1, 0.15) is 5.01 Å². The van der Waals surface area contributed by atoms with Gasteiger partial charge in [-0.3, -0.25) is 0 Å². The molecule has 0 fully saturated rings. The third-order valence-electron chi connectivity index (χ3n) is 3.25. The SMILES string of the molecule is CCNCc1sc(-c2ccc3ccccc3n2)nc1C. The van der Waals surface area contributed by atoms with Crippen LogP contribution in [0.15, 0.2) is 36.4 Å². The van der Waals surface area contributed by atoms with E-state index in [1.54, 1.807) is 11.3 Å². The molecule has 0 amide bonds. The molecule has 2 heterocycles. The summed E-state index contributed by atoms with van der Waals surface area (Å²) in [5.74, 6) is 0. The maximum atomic E-state index is 4.71. The molecule has 0 aliphatic rings. The molecular formula is C16H17N3S. The summed E-state index contributed by atoms with van der Waals surface area (Å²) < 4.78 is 0. The van der Waals surface area contributed by atoms with Gasteiger partial charge in [-0.15, -0.1) is 11.3 Å². The highest BCUT2D eigenvalue weighted by Crippen LogP contribution is 2.27. The normalized spacial score (nSPS) is 11.1. The maximum absolute atomic E-state index is 4.71. The number of thiazole rings is 1. The van der Waals surface area contributed by atoms with Crippen molar-refractivity contribution < 1.29 is 0 Å². The molecule has 2 aromatic heterocycles. The molecule has 102 valence electrons. The molecule has 3 aromatic rings. The van der Waals surface area contributed by atoms with E-state index in [1.165, 1.54) is 4.88 Å². The highest BCUT2D eigenvalue weighted by Gasteiger charge is 2.10. The van der Waals surface area contributed by atoms with Crippen LogP contribution in [0.5, 0.6) is 0 Å². The van der Waals surface area contributed by atoms with Crippen molar-refractivity contribution in [2.75, 3.05) is 6.54 Å². The number of aryl methyl sites for hydroxylation is 1. The first kappa shape index (κ1) is 13.2. The van der Waals surface area contributed by atoms with Crippen LogP contribution in [0.1, 0.15) is 17.5 Å². The van der Waals surface area contributed by atoms with Crippen LogP contribution < -0.4 is 5.32 Å². The van der Waals surface area contributed by atoms with Crippen molar-refractivity contribution in [3.63, 3.8) is 0 Å². The average Bonchev–Trinajstić information content (AvgIpc) is 2.86. The molecule has 0 aliphatic carbocycles. The standard InChI is InChI=1S/C16H17N3S/c1-3-17-10-15-11(2)18-16(20-15)14-9-8-12-6-4-5-7-13(12)19-14/h4-9,17H,3,10H2,1-2H3. The van der Waals surface area contributed by atoms with Crippen LogP contribution in [0.3, 0.4) is 0 Å². The molecule has 0 bridgehead atoms. The number of fused-ring (bicyclic) bond motifs is 1. The summed E-state index contributed by atoms with van der Waals surface area (Å²) >= 11 is 1.72. The van der Waals surface area contributed by atoms with E-state index >= 15 is 0 Å². The van der Waals surface area contributed by atoms with Gasteiger partial charge in [-0.1, -0.05) is 31.2 Å². The first-order valence-corrected chi connectivity index (χ1v) is 7.62. The Labute approximate surface area is 122 Å². The second-order valence-electron chi connectivity index (χ2n) is 4.70. The summed E-state index contributed by atoms with van der Waals surface area (Å²) in [6.45, 7) is 6.03. The Balaban J connectivity index is 1.98. The Bertz CT molecular complexity index is 733. The predicted octanol–water partition coefficient (Wildman–Crippen LogP) is 3.78. The van der Waals surface area contributed by atoms with Gasteiger partial charge in [0.05, 0.1) is 16.9 Å². The molecule has 4 heteroatoms. The topological polar surface area (TPSA) is 37.8 Å². The van der Waals surface area contributed by atoms with Crippen molar-refractivity contribution in [1.82, 2.24) is 15.3 Å². The van der Waals surface area contributed by atoms with Gasteiger partial charge in [0.2, 0.25) is 0 Å². The van der Waals surface area contributed by atoms with Crippen LogP contribution in [0, 0.1) is 6.92 Å². The number of pyridine rings is 1. The summed E-state index contributed by atoms with van der Waals surface area (Å²) in [5.41, 5.74) is 3.08. The lowest BCUT2D eigenvalue weighted by Crippen LogP contribution is -2.11. The van der Waals surface area contributed by atoms with E-state index in [2.05, 4.69) is 42.3 Å². The van der Waals surface area contributed by atoms with Crippen LogP contribution in [-0.4, -0.2) is 16.5 Å². The van der Waals surface area contributed by atoms with Crippen LogP contribution >= 0.6 is 11.3 Å². The molecule has 0 saturated heterocycles. The van der Waals surface area contributed by atoms with Gasteiger partial charge in [-0.05, 0) is 25.6 Å². The first-order chi connectivity index (χ1) is 9.78. The minimum absolute atomic E-state index is 0.883. The first-order valence-electron chi connectivity index (χ1n) is 6.81. The summed E-state index contributed by atoms with van der Waals surface area (Å²) in [6, 6.07) is 12.3. The molecule has 0 radical (unpaired) electrons. The molecule has 0 aliphatic heterocycles. The molecule has 3 rings (SSSR count). The highest BCUT2D eigenvalue weighted by molar-refractivity contribution is 7.15. The molecule has 0 atom stereocenters. The van der Waals surface area contributed by atoms with Gasteiger partial charge in [0, 0.05) is 16.8 Å². The molecular weight excluding hydrogens is 266 g/mol. The van der Waals surface area contributed by atoms with Crippen molar-refractivity contribution in [1.29, 1.82) is 0 Å². The number of nitrogens with one attached hydrogen (secondary N) is 1. The van der Waals surface area contributed by atoms with Crippen molar-refractivity contribution in [2.45, 2.75) is 20.4 Å². The number of para-hydroxylation sites is 1. The van der Waals surface area contributed by atoms with Gasteiger partial charge in [-0.25, -0.2) is 9.97 Å². The average molecular weight is 283 g/mol. The number of hydrogen-bond acceptors (Lipinski definition) is 4. The lowest BCUT2D eigenvalue weighted by atomic mass is 10.2. The lowest BCUT2D eigenvalue weighted by Gasteiger charge is -1.99. The Morgan fingerprint density at radius 2 is 1.95 bits per heavy atom. The van der Waals surface area contributed by atoms with E-state index in [0.717, 1.165) is 40.4 Å². The molecule has 0 saturated carbocycles. The molecule has 1 N–H and O–H groups in total. The van der Waals surface area contributed by atoms with Crippen molar-refractivity contribution in [3.8, 4) is 10.7 Å². The number of hydrogen-bond donors (Lipinski definition) is 1. The van der Waals surface area contributed by atoms with E-state index in [1.807, 2.05) is 18.2 Å². The molecule has 3 nitrogen and oxygen atoms in total.